The molecule has 0 aliphatic carbocycles. The number of amides is 1. The monoisotopic (exact) mass is 576 g/mol. The zero-order valence-corrected chi connectivity index (χ0v) is 23.7. The van der Waals surface area contributed by atoms with Crippen molar-refractivity contribution >= 4 is 50.8 Å². The Kier molecular flexibility index (Phi) is 6.80. The lowest BCUT2D eigenvalue weighted by molar-refractivity contribution is -0.117. The normalized spacial score (nSPS) is 14.0. The molecule has 1 aromatic carbocycles. The highest BCUT2D eigenvalue weighted by Crippen LogP contribution is 2.35. The van der Waals surface area contributed by atoms with E-state index in [2.05, 4.69) is 35.8 Å². The number of hydrogen-bond acceptors (Lipinski definition) is 8. The van der Waals surface area contributed by atoms with Crippen molar-refractivity contribution in [2.45, 2.75) is 26.2 Å². The van der Waals surface area contributed by atoms with E-state index in [-0.39, 0.29) is 11.7 Å². The summed E-state index contributed by atoms with van der Waals surface area (Å²) in [5, 5.41) is 14.9. The number of Topliss-reactive ketones (excluding diaryl/α,β-unsaturated/α-hetero) is 1. The van der Waals surface area contributed by atoms with Crippen molar-refractivity contribution in [2.24, 2.45) is 5.92 Å². The number of pyridine rings is 2. The molecule has 6 aromatic rings. The summed E-state index contributed by atoms with van der Waals surface area (Å²) in [5.41, 5.74) is 6.34. The standard InChI is InChI=1S/C31H28N8O2S/c1-17(40)25-4-5-26(42-25)22-8-11-34-30-28(22)36-31(37-30)29-23-14-19(2-3-24(23)38-39-29)20-13-21(16-33-15-20)35-27(41)12-18-6-9-32-10-7-18/h2-5,8,11,13-16,18,32H,6-7,9-10,12H2,1H3,(H,35,41)(H,38,39)(H,34,36,37). The number of aromatic nitrogens is 6. The molecule has 0 spiro atoms. The van der Waals surface area contributed by atoms with Gasteiger partial charge in [0.15, 0.2) is 17.3 Å². The Hall–Kier alpha value is -4.74. The van der Waals surface area contributed by atoms with Crippen LogP contribution >= 0.6 is 11.3 Å². The first-order chi connectivity index (χ1) is 20.5. The Morgan fingerprint density at radius 2 is 1.93 bits per heavy atom. The van der Waals surface area contributed by atoms with Crippen LogP contribution in [0.15, 0.2) is 61.1 Å². The number of imidazole rings is 1. The van der Waals surface area contributed by atoms with Crippen LogP contribution in [0.2, 0.25) is 0 Å². The SMILES string of the molecule is CC(=O)c1ccc(-c2ccnc3nc(-c4n[nH]c5ccc(-c6cncc(NC(=O)CC7CCNCC7)c6)cc45)[nH]c23)s1. The molecule has 4 N–H and O–H groups in total. The van der Waals surface area contributed by atoms with Gasteiger partial charge in [-0.3, -0.25) is 19.7 Å². The van der Waals surface area contributed by atoms with Gasteiger partial charge in [-0.25, -0.2) is 9.97 Å². The van der Waals surface area contributed by atoms with Crippen molar-refractivity contribution in [1.29, 1.82) is 0 Å². The summed E-state index contributed by atoms with van der Waals surface area (Å²) in [7, 11) is 0. The summed E-state index contributed by atoms with van der Waals surface area (Å²) < 4.78 is 0. The second-order valence-corrected chi connectivity index (χ2v) is 11.7. The first-order valence-corrected chi connectivity index (χ1v) is 14.7. The molecule has 1 fully saturated rings. The van der Waals surface area contributed by atoms with Crippen molar-refractivity contribution in [1.82, 2.24) is 35.5 Å². The highest BCUT2D eigenvalue weighted by molar-refractivity contribution is 7.17. The number of aromatic amines is 2. The molecule has 0 unspecified atom stereocenters. The molecule has 210 valence electrons. The number of nitrogens with zero attached hydrogens (tertiary/aromatic N) is 4. The maximum Gasteiger partial charge on any atom is 0.224 e. The number of H-pyrrole nitrogens is 2. The van der Waals surface area contributed by atoms with Crippen LogP contribution in [0, 0.1) is 5.92 Å². The lowest BCUT2D eigenvalue weighted by Crippen LogP contribution is -2.30. The number of rotatable bonds is 7. The number of ketones is 1. The van der Waals surface area contributed by atoms with E-state index in [1.807, 2.05) is 42.5 Å². The molecule has 0 saturated carbocycles. The zero-order valence-electron chi connectivity index (χ0n) is 22.9. The minimum atomic E-state index is 0.0198. The van der Waals surface area contributed by atoms with Crippen molar-refractivity contribution in [3.05, 3.63) is 65.9 Å². The molecule has 11 heteroatoms. The smallest absolute Gasteiger partial charge is 0.224 e. The van der Waals surface area contributed by atoms with E-state index in [4.69, 9.17) is 4.98 Å². The summed E-state index contributed by atoms with van der Waals surface area (Å²) >= 11 is 1.45. The minimum Gasteiger partial charge on any atom is -0.335 e. The van der Waals surface area contributed by atoms with Crippen LogP contribution in [0.1, 0.15) is 35.9 Å². The predicted octanol–water partition coefficient (Wildman–Crippen LogP) is 5.82. The van der Waals surface area contributed by atoms with E-state index in [0.717, 1.165) is 63.9 Å². The molecule has 6 heterocycles. The number of piperidine rings is 1. The van der Waals surface area contributed by atoms with E-state index in [0.29, 0.717) is 40.1 Å². The Labute approximate surface area is 245 Å². The minimum absolute atomic E-state index is 0.0198. The van der Waals surface area contributed by atoms with Gasteiger partial charge < -0.3 is 15.6 Å². The van der Waals surface area contributed by atoms with Gasteiger partial charge in [-0.05, 0) is 80.7 Å². The molecule has 1 aliphatic heterocycles. The highest BCUT2D eigenvalue weighted by atomic mass is 32.1. The Bertz CT molecular complexity index is 1950. The highest BCUT2D eigenvalue weighted by Gasteiger charge is 2.19. The third kappa shape index (κ3) is 5.08. The third-order valence-electron chi connectivity index (χ3n) is 7.69. The van der Waals surface area contributed by atoms with E-state index < -0.39 is 0 Å². The van der Waals surface area contributed by atoms with Crippen LogP contribution < -0.4 is 10.6 Å². The number of fused-ring (bicyclic) bond motifs is 2. The fourth-order valence-corrected chi connectivity index (χ4v) is 6.43. The number of thiophene rings is 1. The molecular weight excluding hydrogens is 548 g/mol. The number of hydrogen-bond donors (Lipinski definition) is 4. The molecule has 0 atom stereocenters. The van der Waals surface area contributed by atoms with Gasteiger partial charge in [-0.1, -0.05) is 6.07 Å². The molecule has 1 aliphatic rings. The van der Waals surface area contributed by atoms with Gasteiger partial charge in [-0.15, -0.1) is 11.3 Å². The largest absolute Gasteiger partial charge is 0.335 e. The van der Waals surface area contributed by atoms with E-state index in [1.165, 1.54) is 11.3 Å². The Morgan fingerprint density at radius 3 is 2.76 bits per heavy atom. The average Bonchev–Trinajstić information content (AvgIpc) is 3.75. The summed E-state index contributed by atoms with van der Waals surface area (Å²) in [5.74, 6) is 1.07. The van der Waals surface area contributed by atoms with Crippen LogP contribution in [-0.2, 0) is 4.79 Å². The topological polar surface area (TPSA) is 141 Å². The molecule has 7 rings (SSSR count). The van der Waals surface area contributed by atoms with Crippen LogP contribution in [-0.4, -0.2) is 54.9 Å². The average molecular weight is 577 g/mol. The molecule has 1 amide bonds. The number of anilines is 1. The van der Waals surface area contributed by atoms with Crippen LogP contribution in [0.4, 0.5) is 5.69 Å². The Morgan fingerprint density at radius 1 is 1.05 bits per heavy atom. The van der Waals surface area contributed by atoms with Crippen LogP contribution in [0.5, 0.6) is 0 Å². The third-order valence-corrected chi connectivity index (χ3v) is 8.91. The second-order valence-electron chi connectivity index (χ2n) is 10.6. The summed E-state index contributed by atoms with van der Waals surface area (Å²) in [6, 6.07) is 13.7. The molecule has 42 heavy (non-hydrogen) atoms. The number of benzene rings is 1. The summed E-state index contributed by atoms with van der Waals surface area (Å²) in [6.07, 6.45) is 7.76. The number of carbonyl (C=O) groups is 2. The van der Waals surface area contributed by atoms with Gasteiger partial charge >= 0.3 is 0 Å². The van der Waals surface area contributed by atoms with Crippen LogP contribution in [0.3, 0.4) is 0 Å². The van der Waals surface area contributed by atoms with Crippen molar-refractivity contribution in [3.63, 3.8) is 0 Å². The molecule has 5 aromatic heterocycles. The lowest BCUT2D eigenvalue weighted by Gasteiger charge is -2.21. The summed E-state index contributed by atoms with van der Waals surface area (Å²) in [6.45, 7) is 3.51. The van der Waals surface area contributed by atoms with Gasteiger partial charge in [0.25, 0.3) is 0 Å². The first-order valence-electron chi connectivity index (χ1n) is 13.9. The van der Waals surface area contributed by atoms with Gasteiger partial charge in [0, 0.05) is 40.2 Å². The fraction of sp³-hybridized carbons (Fsp3) is 0.226. The van der Waals surface area contributed by atoms with Gasteiger partial charge in [0.2, 0.25) is 5.91 Å². The van der Waals surface area contributed by atoms with Gasteiger partial charge in [0.1, 0.15) is 5.69 Å². The van der Waals surface area contributed by atoms with E-state index >= 15 is 0 Å². The van der Waals surface area contributed by atoms with Gasteiger partial charge in [0.05, 0.1) is 27.8 Å². The molecule has 1 saturated heterocycles. The van der Waals surface area contributed by atoms with Crippen LogP contribution in [0.25, 0.3) is 55.2 Å². The number of nitrogens with one attached hydrogen (secondary N) is 4. The number of carbonyl (C=O) groups excluding carboxylic acids is 2. The molecule has 10 nitrogen and oxygen atoms in total. The Balaban J connectivity index is 1.19. The molecule has 0 radical (unpaired) electrons. The van der Waals surface area contributed by atoms with Crippen molar-refractivity contribution in [2.75, 3.05) is 18.4 Å². The van der Waals surface area contributed by atoms with E-state index in [9.17, 15) is 9.59 Å². The maximum atomic E-state index is 12.7. The van der Waals surface area contributed by atoms with Gasteiger partial charge in [-0.2, -0.15) is 5.10 Å². The fourth-order valence-electron chi connectivity index (χ4n) is 5.50. The summed E-state index contributed by atoms with van der Waals surface area (Å²) in [4.78, 5) is 43.2. The maximum absolute atomic E-state index is 12.7. The second kappa shape index (κ2) is 10.9. The van der Waals surface area contributed by atoms with Crippen molar-refractivity contribution < 1.29 is 9.59 Å². The molecular formula is C31H28N8O2S. The molecule has 0 bridgehead atoms. The first kappa shape index (κ1) is 26.2. The quantitative estimate of drug-likeness (QED) is 0.175. The van der Waals surface area contributed by atoms with Crippen molar-refractivity contribution in [3.8, 4) is 33.1 Å². The lowest BCUT2D eigenvalue weighted by atomic mass is 9.94. The zero-order chi connectivity index (χ0) is 28.6. The predicted molar refractivity (Wildman–Crippen MR) is 164 cm³/mol. The van der Waals surface area contributed by atoms with E-state index in [1.54, 1.807) is 25.5 Å².